The van der Waals surface area contributed by atoms with Crippen LogP contribution < -0.4 is 22.5 Å². The average molecular weight is 688 g/mol. The van der Waals surface area contributed by atoms with Crippen molar-refractivity contribution >= 4 is 30.8 Å². The number of aryl methyl sites for hydroxylation is 2. The van der Waals surface area contributed by atoms with Gasteiger partial charge in [0.1, 0.15) is 18.4 Å². The Bertz CT molecular complexity index is 2230. The molecule has 14 nitrogen and oxygen atoms in total. The summed E-state index contributed by atoms with van der Waals surface area (Å²) in [5.41, 5.74) is 2.10. The zero-order valence-corrected chi connectivity index (χ0v) is 29.4. The smallest absolute Gasteiger partial charge is 0.332 e. The van der Waals surface area contributed by atoms with E-state index in [1.54, 1.807) is 55.3 Å². The summed E-state index contributed by atoms with van der Waals surface area (Å²) in [5.74, 6) is 1.13. The molecule has 0 aromatic carbocycles. The number of ether oxygens (including phenoxy) is 1. The molecule has 0 spiro atoms. The Balaban J connectivity index is 0.000000227. The number of fused-ring (bicyclic) bond motifs is 2. The number of aromatic nitrogens is 8. The molecule has 1 aliphatic rings. The third-order valence-electron chi connectivity index (χ3n) is 8.07. The maximum atomic E-state index is 13.1. The third-order valence-corrected chi connectivity index (χ3v) is 9.77. The van der Waals surface area contributed by atoms with Gasteiger partial charge < -0.3 is 4.74 Å². The van der Waals surface area contributed by atoms with Crippen LogP contribution in [0.5, 0.6) is 0 Å². The fraction of sp³-hybridized carbons (Fsp3) is 0.412. The summed E-state index contributed by atoms with van der Waals surface area (Å²) in [6, 6.07) is 11.9. The van der Waals surface area contributed by atoms with E-state index in [0.29, 0.717) is 52.8 Å². The first kappa shape index (κ1) is 36.8. The zero-order chi connectivity index (χ0) is 34.7. The molecular formula is C34H45N9O5Si. The molecule has 15 heteroatoms. The van der Waals surface area contributed by atoms with Crippen molar-refractivity contribution in [1.82, 2.24) is 37.8 Å². The van der Waals surface area contributed by atoms with Crippen LogP contribution in [0.15, 0.2) is 73.0 Å². The molecule has 6 rings (SSSR count). The molecule has 0 bridgehead atoms. The van der Waals surface area contributed by atoms with Crippen molar-refractivity contribution in [1.29, 1.82) is 0 Å². The minimum atomic E-state index is -1.19. The third kappa shape index (κ3) is 8.00. The molecule has 1 aliphatic heterocycles. The first-order valence-electron chi connectivity index (χ1n) is 15.7. The summed E-state index contributed by atoms with van der Waals surface area (Å²) in [7, 11) is 2.07. The monoisotopic (exact) mass is 687 g/mol. The lowest BCUT2D eigenvalue weighted by Crippen LogP contribution is -2.40. The van der Waals surface area contributed by atoms with Crippen LogP contribution in [0.2, 0.25) is 25.7 Å². The Morgan fingerprint density at radius 1 is 0.796 bits per heavy atom. The first-order chi connectivity index (χ1) is 22.8. The van der Waals surface area contributed by atoms with Crippen LogP contribution in [0, 0.1) is 6.92 Å². The number of hydrogen-bond acceptors (Lipinski definition) is 9. The molecule has 0 fully saturated rings. The van der Waals surface area contributed by atoms with Crippen molar-refractivity contribution in [3.8, 4) is 0 Å². The molecule has 0 radical (unpaired) electrons. The fourth-order valence-corrected chi connectivity index (χ4v) is 6.11. The quantitative estimate of drug-likeness (QED) is 0.169. The maximum Gasteiger partial charge on any atom is 0.332 e. The normalized spacial score (nSPS) is 12.3. The first-order valence-corrected chi connectivity index (χ1v) is 19.4. The summed E-state index contributed by atoms with van der Waals surface area (Å²) in [6.45, 7) is 11.7. The van der Waals surface area contributed by atoms with E-state index in [2.05, 4.69) is 39.6 Å². The summed E-state index contributed by atoms with van der Waals surface area (Å²) in [5, 5.41) is 0. The molecule has 5 aromatic heterocycles. The van der Waals surface area contributed by atoms with Gasteiger partial charge in [0.05, 0.1) is 30.0 Å². The van der Waals surface area contributed by atoms with Crippen LogP contribution in [-0.2, 0) is 45.1 Å². The lowest BCUT2D eigenvalue weighted by atomic mass is 10.2. The molecule has 260 valence electrons. The van der Waals surface area contributed by atoms with Gasteiger partial charge in [0, 0.05) is 53.3 Å². The van der Waals surface area contributed by atoms with Crippen LogP contribution in [0.1, 0.15) is 37.1 Å². The molecule has 0 saturated heterocycles. The minimum absolute atomic E-state index is 0. The van der Waals surface area contributed by atoms with Gasteiger partial charge in [-0.2, -0.15) is 0 Å². The van der Waals surface area contributed by atoms with Crippen LogP contribution in [0.25, 0.3) is 11.2 Å². The second-order valence-electron chi connectivity index (χ2n) is 13.0. The van der Waals surface area contributed by atoms with E-state index < -0.39 is 13.8 Å². The van der Waals surface area contributed by atoms with Gasteiger partial charge in [-0.15, -0.1) is 0 Å². The molecule has 0 N–H and O–H groups in total. The van der Waals surface area contributed by atoms with E-state index in [9.17, 15) is 19.2 Å². The second kappa shape index (κ2) is 15.0. The summed E-state index contributed by atoms with van der Waals surface area (Å²) in [4.78, 5) is 67.7. The SMILES string of the molecule is C.CC1=Nc2c(c(=O)n(Cc3ccccn3)c(=O)n2C)C1.Cc1nc2c(c(=O)n(Cc3ccccn3)c(=O)n2C)n1COCC[Si](C)(C)C. The highest BCUT2D eigenvalue weighted by atomic mass is 28.3. The van der Waals surface area contributed by atoms with Gasteiger partial charge in [-0.25, -0.2) is 19.6 Å². The molecule has 49 heavy (non-hydrogen) atoms. The van der Waals surface area contributed by atoms with Gasteiger partial charge in [-0.05, 0) is 44.2 Å². The lowest BCUT2D eigenvalue weighted by molar-refractivity contribution is 0.0883. The molecule has 0 unspecified atom stereocenters. The van der Waals surface area contributed by atoms with E-state index >= 15 is 0 Å². The van der Waals surface area contributed by atoms with Crippen LogP contribution in [0.4, 0.5) is 5.82 Å². The molecule has 0 atom stereocenters. The van der Waals surface area contributed by atoms with Gasteiger partial charge in [0.2, 0.25) is 0 Å². The number of pyridine rings is 2. The van der Waals surface area contributed by atoms with E-state index in [-0.39, 0.29) is 44.1 Å². The summed E-state index contributed by atoms with van der Waals surface area (Å²) >= 11 is 0. The highest BCUT2D eigenvalue weighted by Crippen LogP contribution is 2.21. The Morgan fingerprint density at radius 3 is 1.92 bits per heavy atom. The van der Waals surface area contributed by atoms with Crippen molar-refractivity contribution in [3.05, 3.63) is 113 Å². The molecule has 0 aliphatic carbocycles. The summed E-state index contributed by atoms with van der Waals surface area (Å²) in [6.07, 6.45) is 3.79. The van der Waals surface area contributed by atoms with Crippen molar-refractivity contribution in [2.75, 3.05) is 6.61 Å². The largest absolute Gasteiger partial charge is 0.361 e. The van der Waals surface area contributed by atoms with Gasteiger partial charge in [-0.3, -0.25) is 42.4 Å². The summed E-state index contributed by atoms with van der Waals surface area (Å²) < 4.78 is 12.8. The number of nitrogens with zero attached hydrogens (tertiary/aromatic N) is 9. The van der Waals surface area contributed by atoms with Gasteiger partial charge >= 0.3 is 11.4 Å². The topological polar surface area (TPSA) is 153 Å². The number of imidazole rings is 1. The Morgan fingerprint density at radius 2 is 1.37 bits per heavy atom. The molecular weight excluding hydrogens is 643 g/mol. The number of aliphatic imine (C=N–C) groups is 1. The van der Waals surface area contributed by atoms with E-state index in [4.69, 9.17) is 4.74 Å². The van der Waals surface area contributed by atoms with Crippen LogP contribution in [-0.4, -0.2) is 58.2 Å². The van der Waals surface area contributed by atoms with E-state index in [1.165, 1.54) is 18.3 Å². The molecule has 5 aromatic rings. The lowest BCUT2D eigenvalue weighted by Gasteiger charge is -2.16. The van der Waals surface area contributed by atoms with Crippen molar-refractivity contribution < 1.29 is 4.74 Å². The van der Waals surface area contributed by atoms with Gasteiger partial charge in [-0.1, -0.05) is 39.2 Å². The van der Waals surface area contributed by atoms with Crippen molar-refractivity contribution in [2.45, 2.75) is 73.2 Å². The number of hydrogen-bond donors (Lipinski definition) is 0. The number of rotatable bonds is 9. The highest BCUT2D eigenvalue weighted by Gasteiger charge is 2.23. The predicted octanol–water partition coefficient (Wildman–Crippen LogP) is 3.24. The molecule has 6 heterocycles. The Hall–Kier alpha value is -5.02. The standard InChI is InChI=1S/C19H27N5O3Si.C14H14N4O2.CH4/c1-14-21-17-16(24(14)13-27-10-11-28(3,4)5)18(25)23(19(26)22(17)2)12-15-8-6-7-9-20-15;1-9-7-11-12(16-9)17(2)14(20)18(13(11)19)8-10-5-3-4-6-15-10;/h6-9H,10-13H2,1-5H3;3-6H,7-8H2,1-2H3;1H4. The second-order valence-corrected chi connectivity index (χ2v) is 18.7. The Kier molecular flexibility index (Phi) is 11.3. The predicted molar refractivity (Wildman–Crippen MR) is 194 cm³/mol. The maximum absolute atomic E-state index is 13.1. The van der Waals surface area contributed by atoms with Gasteiger partial charge in [0.15, 0.2) is 11.2 Å². The molecule has 0 amide bonds. The molecule has 0 saturated carbocycles. The average Bonchev–Trinajstić information content (AvgIpc) is 3.62. The van der Waals surface area contributed by atoms with Crippen molar-refractivity contribution in [2.24, 2.45) is 19.1 Å². The van der Waals surface area contributed by atoms with E-state index in [1.807, 2.05) is 26.0 Å². The highest BCUT2D eigenvalue weighted by molar-refractivity contribution is 6.76. The van der Waals surface area contributed by atoms with E-state index in [0.717, 1.165) is 11.8 Å². The van der Waals surface area contributed by atoms with Crippen LogP contribution in [0.3, 0.4) is 0 Å². The fourth-order valence-electron chi connectivity index (χ4n) is 5.35. The Labute approximate surface area is 285 Å². The minimum Gasteiger partial charge on any atom is -0.361 e. The van der Waals surface area contributed by atoms with Gasteiger partial charge in [0.25, 0.3) is 11.1 Å². The van der Waals surface area contributed by atoms with Crippen LogP contribution >= 0.6 is 0 Å². The van der Waals surface area contributed by atoms with Crippen molar-refractivity contribution in [3.63, 3.8) is 0 Å². The zero-order valence-electron chi connectivity index (χ0n) is 28.4.